The number of esters is 1. The molecule has 0 spiro atoms. The maximum absolute atomic E-state index is 11.8. The van der Waals surface area contributed by atoms with Crippen LogP contribution in [-0.4, -0.2) is 53.1 Å². The molecular formula is C14H16N2O6S. The average molecular weight is 340 g/mol. The smallest absolute Gasteiger partial charge is 0.410 e. The van der Waals surface area contributed by atoms with Crippen molar-refractivity contribution in [3.8, 4) is 0 Å². The van der Waals surface area contributed by atoms with Crippen LogP contribution in [0.1, 0.15) is 5.56 Å². The lowest BCUT2D eigenvalue weighted by Gasteiger charge is -2.12. The highest BCUT2D eigenvalue weighted by Crippen LogP contribution is 2.20. The quantitative estimate of drug-likeness (QED) is 0.424. The zero-order valence-electron chi connectivity index (χ0n) is 12.5. The van der Waals surface area contributed by atoms with Gasteiger partial charge in [-0.15, -0.1) is 11.8 Å². The molecule has 23 heavy (non-hydrogen) atoms. The Labute approximate surface area is 136 Å². The van der Waals surface area contributed by atoms with E-state index in [-0.39, 0.29) is 23.5 Å². The third-order valence-corrected chi connectivity index (χ3v) is 4.27. The van der Waals surface area contributed by atoms with Crippen molar-refractivity contribution in [1.29, 1.82) is 0 Å². The predicted octanol–water partition coefficient (Wildman–Crippen LogP) is 1.82. The van der Waals surface area contributed by atoms with Crippen LogP contribution in [0.4, 0.5) is 10.5 Å². The first-order valence-corrected chi connectivity index (χ1v) is 7.98. The number of amides is 1. The van der Waals surface area contributed by atoms with E-state index in [0.717, 1.165) is 5.56 Å². The molecule has 1 saturated heterocycles. The van der Waals surface area contributed by atoms with E-state index in [0.29, 0.717) is 18.8 Å². The number of nitro groups is 1. The van der Waals surface area contributed by atoms with E-state index in [1.165, 1.54) is 35.9 Å². The van der Waals surface area contributed by atoms with E-state index in [4.69, 9.17) is 4.74 Å². The van der Waals surface area contributed by atoms with Crippen molar-refractivity contribution >= 4 is 29.5 Å². The summed E-state index contributed by atoms with van der Waals surface area (Å²) in [6.45, 7) is 0.749. The number of nitro benzene ring substituents is 1. The molecule has 1 fully saturated rings. The molecule has 1 atom stereocenters. The molecule has 124 valence electrons. The van der Waals surface area contributed by atoms with E-state index in [2.05, 4.69) is 4.74 Å². The van der Waals surface area contributed by atoms with Crippen LogP contribution >= 0.6 is 11.8 Å². The van der Waals surface area contributed by atoms with Gasteiger partial charge in [0, 0.05) is 24.4 Å². The molecule has 0 aliphatic carbocycles. The van der Waals surface area contributed by atoms with Gasteiger partial charge in [0.15, 0.2) is 0 Å². The third-order valence-electron chi connectivity index (χ3n) is 3.22. The molecule has 1 aliphatic rings. The van der Waals surface area contributed by atoms with Gasteiger partial charge < -0.3 is 14.4 Å². The highest BCUT2D eigenvalue weighted by molar-refractivity contribution is 7.99. The summed E-state index contributed by atoms with van der Waals surface area (Å²) in [4.78, 5) is 34.5. The van der Waals surface area contributed by atoms with Crippen molar-refractivity contribution in [2.24, 2.45) is 0 Å². The number of rotatable bonds is 7. The summed E-state index contributed by atoms with van der Waals surface area (Å²) in [6, 6.07) is 6.04. The van der Waals surface area contributed by atoms with Gasteiger partial charge >= 0.3 is 12.1 Å². The second kappa shape index (κ2) is 7.82. The predicted molar refractivity (Wildman–Crippen MR) is 83.1 cm³/mol. The molecule has 0 N–H and O–H groups in total. The zero-order chi connectivity index (χ0) is 16.8. The van der Waals surface area contributed by atoms with Crippen LogP contribution in [0.25, 0.3) is 0 Å². The van der Waals surface area contributed by atoms with E-state index in [9.17, 15) is 19.7 Å². The number of carbonyl (C=O) groups excluding carboxylic acids is 2. The third kappa shape index (κ3) is 4.85. The van der Waals surface area contributed by atoms with Gasteiger partial charge in [-0.25, -0.2) is 4.79 Å². The van der Waals surface area contributed by atoms with Gasteiger partial charge in [0.2, 0.25) is 0 Å². The van der Waals surface area contributed by atoms with E-state index >= 15 is 0 Å². The first-order valence-electron chi connectivity index (χ1n) is 6.83. The normalized spacial score (nSPS) is 17.0. The average Bonchev–Trinajstić information content (AvgIpc) is 2.87. The monoisotopic (exact) mass is 340 g/mol. The number of hydrogen-bond donors (Lipinski definition) is 0. The van der Waals surface area contributed by atoms with Gasteiger partial charge in [-0.2, -0.15) is 0 Å². The number of thioether (sulfide) groups is 1. The lowest BCUT2D eigenvalue weighted by molar-refractivity contribution is -0.384. The molecule has 1 aromatic rings. The molecular weight excluding hydrogens is 324 g/mol. The molecule has 0 aromatic heterocycles. The van der Waals surface area contributed by atoms with Gasteiger partial charge in [0.05, 0.1) is 24.3 Å². The number of benzene rings is 1. The minimum absolute atomic E-state index is 0.00911. The van der Waals surface area contributed by atoms with Gasteiger partial charge in [0.1, 0.15) is 6.10 Å². The Morgan fingerprint density at radius 3 is 2.78 bits per heavy atom. The summed E-state index contributed by atoms with van der Waals surface area (Å²) in [5.41, 5.74) is 0.797. The van der Waals surface area contributed by atoms with Crippen LogP contribution in [0.15, 0.2) is 24.3 Å². The first kappa shape index (κ1) is 17.1. The molecule has 1 aromatic carbocycles. The topological polar surface area (TPSA) is 99.0 Å². The van der Waals surface area contributed by atoms with E-state index < -0.39 is 11.0 Å². The fourth-order valence-corrected chi connectivity index (χ4v) is 2.91. The van der Waals surface area contributed by atoms with Gasteiger partial charge in [-0.3, -0.25) is 14.9 Å². The number of non-ortho nitro benzene ring substituents is 1. The molecule has 8 nitrogen and oxygen atoms in total. The van der Waals surface area contributed by atoms with Crippen molar-refractivity contribution in [3.05, 3.63) is 39.9 Å². The Bertz CT molecular complexity index is 591. The summed E-state index contributed by atoms with van der Waals surface area (Å²) in [5, 5.41) is 10.6. The number of ether oxygens (including phenoxy) is 2. The highest BCUT2D eigenvalue weighted by atomic mass is 32.2. The maximum atomic E-state index is 11.8. The second-order valence-corrected chi connectivity index (χ2v) is 5.93. The standard InChI is InChI=1S/C14H16N2O6S/c1-21-13(17)9-23-8-12-7-15(14(18)22-12)6-10-2-4-11(5-3-10)16(19)20/h2-5,12H,6-9H2,1H3. The van der Waals surface area contributed by atoms with Crippen LogP contribution in [0, 0.1) is 10.1 Å². The number of cyclic esters (lactones) is 1. The van der Waals surface area contributed by atoms with Gasteiger partial charge in [-0.1, -0.05) is 12.1 Å². The summed E-state index contributed by atoms with van der Waals surface area (Å²) in [5.74, 6) is 0.409. The van der Waals surface area contributed by atoms with Crippen molar-refractivity contribution in [3.63, 3.8) is 0 Å². The van der Waals surface area contributed by atoms with Crippen molar-refractivity contribution in [2.45, 2.75) is 12.6 Å². The molecule has 1 heterocycles. The Kier molecular flexibility index (Phi) is 5.80. The van der Waals surface area contributed by atoms with Crippen LogP contribution in [-0.2, 0) is 20.8 Å². The highest BCUT2D eigenvalue weighted by Gasteiger charge is 2.31. The number of nitrogens with zero attached hydrogens (tertiary/aromatic N) is 2. The van der Waals surface area contributed by atoms with Crippen molar-refractivity contribution in [2.75, 3.05) is 25.2 Å². The van der Waals surface area contributed by atoms with Crippen LogP contribution < -0.4 is 0 Å². The molecule has 9 heteroatoms. The summed E-state index contributed by atoms with van der Waals surface area (Å²) >= 11 is 1.35. The van der Waals surface area contributed by atoms with Crippen molar-refractivity contribution < 1.29 is 24.0 Å². The number of hydrogen-bond acceptors (Lipinski definition) is 7. The molecule has 0 saturated carbocycles. The molecule has 0 radical (unpaired) electrons. The SMILES string of the molecule is COC(=O)CSCC1CN(Cc2ccc([N+](=O)[O-])cc2)C(=O)O1. The molecule has 1 aliphatic heterocycles. The Balaban J connectivity index is 1.83. The van der Waals surface area contributed by atoms with E-state index in [1.807, 2.05) is 0 Å². The summed E-state index contributed by atoms with van der Waals surface area (Å²) in [7, 11) is 1.32. The minimum Gasteiger partial charge on any atom is -0.468 e. The number of carbonyl (C=O) groups is 2. The van der Waals surface area contributed by atoms with E-state index in [1.54, 1.807) is 12.1 Å². The first-order chi connectivity index (χ1) is 11.0. The Morgan fingerprint density at radius 1 is 1.48 bits per heavy atom. The summed E-state index contributed by atoms with van der Waals surface area (Å²) in [6.07, 6.45) is -0.706. The molecule has 1 unspecified atom stereocenters. The molecule has 1 amide bonds. The maximum Gasteiger partial charge on any atom is 0.410 e. The van der Waals surface area contributed by atoms with Gasteiger partial charge in [0.25, 0.3) is 5.69 Å². The Hall–Kier alpha value is -2.29. The molecule has 2 rings (SSSR count). The van der Waals surface area contributed by atoms with Crippen LogP contribution in [0.2, 0.25) is 0 Å². The van der Waals surface area contributed by atoms with Crippen molar-refractivity contribution in [1.82, 2.24) is 4.90 Å². The minimum atomic E-state index is -0.470. The van der Waals surface area contributed by atoms with Gasteiger partial charge in [-0.05, 0) is 5.56 Å². The van der Waals surface area contributed by atoms with Crippen LogP contribution in [0.3, 0.4) is 0 Å². The zero-order valence-corrected chi connectivity index (χ0v) is 13.3. The van der Waals surface area contributed by atoms with Crippen LogP contribution in [0.5, 0.6) is 0 Å². The number of methoxy groups -OCH3 is 1. The lowest BCUT2D eigenvalue weighted by Crippen LogP contribution is -2.25. The fourth-order valence-electron chi connectivity index (χ4n) is 2.07. The Morgan fingerprint density at radius 2 is 2.17 bits per heavy atom. The lowest BCUT2D eigenvalue weighted by atomic mass is 10.2. The fraction of sp³-hybridized carbons (Fsp3) is 0.429. The second-order valence-electron chi connectivity index (χ2n) is 4.90. The largest absolute Gasteiger partial charge is 0.468 e. The molecule has 0 bridgehead atoms. The summed E-state index contributed by atoms with van der Waals surface area (Å²) < 4.78 is 9.77.